The Kier molecular flexibility index (Phi) is 6.72. The molecule has 1 aromatic carbocycles. The van der Waals surface area contributed by atoms with Gasteiger partial charge in [-0.3, -0.25) is 0 Å². The first-order chi connectivity index (χ1) is 14.9. The molecule has 1 aliphatic rings. The van der Waals surface area contributed by atoms with Crippen LogP contribution >= 0.6 is 12.2 Å². The van der Waals surface area contributed by atoms with Crippen LogP contribution in [-0.4, -0.2) is 50.7 Å². The second kappa shape index (κ2) is 9.15. The minimum atomic E-state index is -1.47. The molecule has 0 spiro atoms. The summed E-state index contributed by atoms with van der Waals surface area (Å²) >= 11 is 5.33. The van der Waals surface area contributed by atoms with Gasteiger partial charge in [0.05, 0.1) is 12.6 Å². The number of nitrogens with zero attached hydrogens (tertiary/aromatic N) is 2. The van der Waals surface area contributed by atoms with Crippen molar-refractivity contribution < 1.29 is 37.8 Å². The molecule has 3 rings (SSSR count). The molecule has 2 heterocycles. The second-order valence-corrected chi connectivity index (χ2v) is 8.58. The quantitative estimate of drug-likeness (QED) is 0.387. The van der Waals surface area contributed by atoms with Gasteiger partial charge in [0.15, 0.2) is 16.3 Å². The molecule has 0 fully saturated rings. The van der Waals surface area contributed by atoms with E-state index in [9.17, 15) is 23.5 Å². The van der Waals surface area contributed by atoms with Crippen LogP contribution < -0.4 is 4.74 Å². The summed E-state index contributed by atoms with van der Waals surface area (Å²) in [6.45, 7) is 4.75. The highest BCUT2D eigenvalue weighted by molar-refractivity contribution is 7.71. The molecule has 1 aromatic heterocycles. The molecule has 0 aliphatic carbocycles. The highest BCUT2D eigenvalue weighted by Gasteiger charge is 2.28. The molecule has 2 aromatic rings. The maximum Gasteiger partial charge on any atom is 0.534 e. The van der Waals surface area contributed by atoms with E-state index in [1.165, 1.54) is 6.07 Å². The van der Waals surface area contributed by atoms with Crippen LogP contribution in [0.2, 0.25) is 0 Å². The van der Waals surface area contributed by atoms with Gasteiger partial charge in [-0.05, 0) is 39.1 Å². The molecule has 174 valence electrons. The van der Waals surface area contributed by atoms with Crippen molar-refractivity contribution in [3.05, 3.63) is 46.0 Å². The number of aromatic nitrogens is 2. The van der Waals surface area contributed by atoms with Crippen LogP contribution in [0.15, 0.2) is 18.3 Å². The van der Waals surface area contributed by atoms with Crippen LogP contribution in [0.5, 0.6) is 5.75 Å². The highest BCUT2D eigenvalue weighted by atomic mass is 32.1. The Bertz CT molecular complexity index is 1080. The Labute approximate surface area is 187 Å². The molecular weight excluding hydrogens is 448 g/mol. The van der Waals surface area contributed by atoms with E-state index in [1.807, 2.05) is 0 Å². The lowest BCUT2D eigenvalue weighted by atomic mass is 10.0. The van der Waals surface area contributed by atoms with E-state index < -0.39 is 29.5 Å². The summed E-state index contributed by atoms with van der Waals surface area (Å²) in [4.78, 5) is 31.0. The van der Waals surface area contributed by atoms with Crippen LogP contribution in [-0.2, 0) is 22.4 Å². The number of imidazole rings is 1. The Hall–Kier alpha value is -3.15. The summed E-state index contributed by atoms with van der Waals surface area (Å²) in [5, 5.41) is 9.81. The summed E-state index contributed by atoms with van der Waals surface area (Å²) in [7, 11) is 0. The summed E-state index contributed by atoms with van der Waals surface area (Å²) in [6, 6.07) is 1.60. The monoisotopic (exact) mass is 471 g/mol. The van der Waals surface area contributed by atoms with Crippen molar-refractivity contribution in [2.75, 3.05) is 13.2 Å². The van der Waals surface area contributed by atoms with Gasteiger partial charge < -0.3 is 29.0 Å². The van der Waals surface area contributed by atoms with Gasteiger partial charge >= 0.3 is 12.2 Å². The number of carbonyl (C=O) groups excluding carboxylic acids is 1. The summed E-state index contributed by atoms with van der Waals surface area (Å²) in [6.07, 6.45) is -0.634. The lowest BCUT2D eigenvalue weighted by Crippen LogP contribution is -2.37. The third-order valence-electron chi connectivity index (χ3n) is 4.58. The van der Waals surface area contributed by atoms with E-state index in [-0.39, 0.29) is 37.8 Å². The minimum Gasteiger partial charge on any atom is -0.488 e. The van der Waals surface area contributed by atoms with E-state index in [4.69, 9.17) is 26.5 Å². The zero-order chi connectivity index (χ0) is 23.6. The fourth-order valence-electron chi connectivity index (χ4n) is 3.35. The minimum absolute atomic E-state index is 0.00840. The van der Waals surface area contributed by atoms with Crippen molar-refractivity contribution in [2.45, 2.75) is 45.3 Å². The van der Waals surface area contributed by atoms with Gasteiger partial charge in [-0.2, -0.15) is 0 Å². The smallest absolute Gasteiger partial charge is 0.488 e. The van der Waals surface area contributed by atoms with Crippen molar-refractivity contribution in [1.82, 2.24) is 14.6 Å². The van der Waals surface area contributed by atoms with E-state index in [0.717, 1.165) is 6.07 Å². The molecule has 32 heavy (non-hydrogen) atoms. The maximum absolute atomic E-state index is 13.9. The van der Waals surface area contributed by atoms with E-state index in [0.29, 0.717) is 21.1 Å². The summed E-state index contributed by atoms with van der Waals surface area (Å²) < 4.78 is 40.1. The average Bonchev–Trinajstić information content (AvgIpc) is 3.03. The zero-order valence-corrected chi connectivity index (χ0v) is 18.5. The van der Waals surface area contributed by atoms with Gasteiger partial charge in [-0.25, -0.2) is 18.4 Å². The number of H-pyrrole nitrogens is 1. The molecule has 0 saturated heterocycles. The third-order valence-corrected chi connectivity index (χ3v) is 4.89. The number of hydrogen-bond acceptors (Lipinski definition) is 6. The fourth-order valence-corrected chi connectivity index (χ4v) is 3.67. The van der Waals surface area contributed by atoms with Crippen LogP contribution in [0.4, 0.5) is 18.4 Å². The SMILES string of the molecule is CC(C)(C)OC(=O)ON(CCc1c[nH]c(=S)n1[C@H]1COc2c(F)cc(F)cc2C1)C(=O)O. The zero-order valence-electron chi connectivity index (χ0n) is 17.7. The molecule has 12 heteroatoms. The molecule has 0 saturated carbocycles. The number of amides is 1. The van der Waals surface area contributed by atoms with Crippen molar-refractivity contribution in [2.24, 2.45) is 0 Å². The lowest BCUT2D eigenvalue weighted by Gasteiger charge is -2.28. The third kappa shape index (κ3) is 5.55. The molecule has 0 radical (unpaired) electrons. The summed E-state index contributed by atoms with van der Waals surface area (Å²) in [5.41, 5.74) is 0.120. The van der Waals surface area contributed by atoms with Gasteiger partial charge in [-0.1, -0.05) is 0 Å². The number of carboxylic acid groups (broad SMARTS) is 1. The first kappa shape index (κ1) is 23.5. The molecule has 1 amide bonds. The van der Waals surface area contributed by atoms with Crippen molar-refractivity contribution in [3.63, 3.8) is 0 Å². The van der Waals surface area contributed by atoms with Crippen LogP contribution in [0, 0.1) is 16.4 Å². The van der Waals surface area contributed by atoms with Crippen molar-refractivity contribution >= 4 is 24.5 Å². The number of ether oxygens (including phenoxy) is 2. The molecule has 0 unspecified atom stereocenters. The predicted molar refractivity (Wildman–Crippen MR) is 110 cm³/mol. The van der Waals surface area contributed by atoms with Crippen molar-refractivity contribution in [3.8, 4) is 5.75 Å². The number of hydroxylamine groups is 2. The predicted octanol–water partition coefficient (Wildman–Crippen LogP) is 4.39. The maximum atomic E-state index is 13.9. The standard InChI is InChI=1S/C20H23F2N3O6S/c1-20(2,3)30-19(28)31-24(18(26)27)5-4-13-9-23-17(32)25(13)14-7-11-6-12(21)8-15(22)16(11)29-10-14/h6,8-9,14H,4-5,7,10H2,1-3H3,(H,23,32)(H,26,27)/t14-/m1/s1. The van der Waals surface area contributed by atoms with E-state index in [2.05, 4.69) is 4.98 Å². The van der Waals surface area contributed by atoms with Gasteiger partial charge in [0.25, 0.3) is 0 Å². The van der Waals surface area contributed by atoms with Gasteiger partial charge in [-0.15, -0.1) is 5.06 Å². The Morgan fingerprint density at radius 2 is 2.09 bits per heavy atom. The number of aromatic amines is 1. The highest BCUT2D eigenvalue weighted by Crippen LogP contribution is 2.33. The van der Waals surface area contributed by atoms with Crippen LogP contribution in [0.3, 0.4) is 0 Å². The van der Waals surface area contributed by atoms with Gasteiger partial charge in [0, 0.05) is 36.4 Å². The number of rotatable bonds is 4. The van der Waals surface area contributed by atoms with E-state index in [1.54, 1.807) is 31.5 Å². The molecule has 9 nitrogen and oxygen atoms in total. The largest absolute Gasteiger partial charge is 0.534 e. The number of benzene rings is 1. The normalized spacial score (nSPS) is 15.5. The van der Waals surface area contributed by atoms with Crippen LogP contribution in [0.1, 0.15) is 38.1 Å². The Morgan fingerprint density at radius 3 is 2.75 bits per heavy atom. The first-order valence-corrected chi connectivity index (χ1v) is 10.2. The van der Waals surface area contributed by atoms with Crippen molar-refractivity contribution in [1.29, 1.82) is 0 Å². The number of nitrogens with one attached hydrogen (secondary N) is 1. The van der Waals surface area contributed by atoms with E-state index >= 15 is 0 Å². The van der Waals surface area contributed by atoms with Gasteiger partial charge in [0.1, 0.15) is 18.0 Å². The summed E-state index contributed by atoms with van der Waals surface area (Å²) in [5.74, 6) is -1.47. The Balaban J connectivity index is 1.74. The number of carbonyl (C=O) groups is 2. The first-order valence-electron chi connectivity index (χ1n) is 9.75. The lowest BCUT2D eigenvalue weighted by molar-refractivity contribution is -0.121. The van der Waals surface area contributed by atoms with Gasteiger partial charge in [0.2, 0.25) is 0 Å². The number of hydrogen-bond donors (Lipinski definition) is 2. The molecule has 2 N–H and O–H groups in total. The topological polar surface area (TPSA) is 106 Å². The second-order valence-electron chi connectivity index (χ2n) is 8.19. The number of fused-ring (bicyclic) bond motifs is 1. The Morgan fingerprint density at radius 1 is 1.38 bits per heavy atom. The molecule has 0 bridgehead atoms. The number of halogens is 2. The fraction of sp³-hybridized carbons (Fsp3) is 0.450. The molecule has 1 atom stereocenters. The molecule has 1 aliphatic heterocycles. The average molecular weight is 471 g/mol. The van der Waals surface area contributed by atoms with Crippen LogP contribution in [0.25, 0.3) is 0 Å². The molecular formula is C20H23F2N3O6S.